The van der Waals surface area contributed by atoms with E-state index in [0.717, 1.165) is 32.6 Å². The summed E-state index contributed by atoms with van der Waals surface area (Å²) in [7, 11) is 0. The van der Waals surface area contributed by atoms with Crippen LogP contribution in [-0.2, 0) is 17.8 Å². The predicted molar refractivity (Wildman–Crippen MR) is 142 cm³/mol. The fourth-order valence-electron chi connectivity index (χ4n) is 3.39. The maximum absolute atomic E-state index is 12.5. The van der Waals surface area contributed by atoms with E-state index in [2.05, 4.69) is 77.4 Å². The molecule has 0 bridgehead atoms. The highest BCUT2D eigenvalue weighted by Crippen LogP contribution is 2.31. The van der Waals surface area contributed by atoms with Gasteiger partial charge in [-0.15, -0.1) is 0 Å². The lowest BCUT2D eigenvalue weighted by molar-refractivity contribution is -0.116. The second kappa shape index (κ2) is 10.4. The number of anilines is 1. The Labute approximate surface area is 207 Å². The first-order chi connectivity index (χ1) is 15.5. The molecule has 0 aliphatic carbocycles. The number of benzene rings is 3. The first-order valence-corrected chi connectivity index (χ1v) is 12.5. The highest BCUT2D eigenvalue weighted by atomic mass is 127. The van der Waals surface area contributed by atoms with Gasteiger partial charge in [0.2, 0.25) is 0 Å². The van der Waals surface area contributed by atoms with E-state index >= 15 is 0 Å². The lowest BCUT2D eigenvalue weighted by atomic mass is 10.1. The summed E-state index contributed by atoms with van der Waals surface area (Å²) in [5, 5.41) is 6.35. The molecule has 32 heavy (non-hydrogen) atoms. The molecule has 0 aromatic heterocycles. The zero-order valence-electron chi connectivity index (χ0n) is 18.0. The van der Waals surface area contributed by atoms with Gasteiger partial charge in [-0.2, -0.15) is 0 Å². The van der Waals surface area contributed by atoms with Crippen molar-refractivity contribution in [3.63, 3.8) is 0 Å². The van der Waals surface area contributed by atoms with Gasteiger partial charge in [0, 0.05) is 5.69 Å². The quantitative estimate of drug-likeness (QED) is 0.264. The van der Waals surface area contributed by atoms with Crippen LogP contribution in [0, 0.1) is 10.5 Å². The van der Waals surface area contributed by atoms with Gasteiger partial charge in [0.1, 0.15) is 12.4 Å². The first-order valence-electron chi connectivity index (χ1n) is 10.5. The number of aryl methyl sites for hydroxylation is 2. The van der Waals surface area contributed by atoms with Crippen molar-refractivity contribution in [3.05, 3.63) is 97.5 Å². The molecule has 3 aromatic carbocycles. The SMILES string of the molecule is CCc1ccc(N[C@@H]2NC(=O)/C(=C/c3ccc(OCc4cccc(C)c4)c(I)c3)S2)cc1. The zero-order valence-corrected chi connectivity index (χ0v) is 21.0. The largest absolute Gasteiger partial charge is 0.488 e. The van der Waals surface area contributed by atoms with Crippen molar-refractivity contribution in [1.82, 2.24) is 5.32 Å². The molecular weight excluding hydrogens is 531 g/mol. The van der Waals surface area contributed by atoms with Crippen LogP contribution in [0.15, 0.2) is 71.6 Å². The maximum Gasteiger partial charge on any atom is 0.260 e. The topological polar surface area (TPSA) is 50.4 Å². The summed E-state index contributed by atoms with van der Waals surface area (Å²) in [5.41, 5.74) is 5.45. The summed E-state index contributed by atoms with van der Waals surface area (Å²) in [4.78, 5) is 13.1. The molecule has 1 aliphatic rings. The van der Waals surface area contributed by atoms with Crippen LogP contribution in [0.5, 0.6) is 5.75 Å². The van der Waals surface area contributed by atoms with Crippen molar-refractivity contribution in [1.29, 1.82) is 0 Å². The van der Waals surface area contributed by atoms with Crippen LogP contribution >= 0.6 is 34.4 Å². The molecule has 1 heterocycles. The normalized spacial score (nSPS) is 16.8. The Hall–Kier alpha value is -2.45. The van der Waals surface area contributed by atoms with Crippen LogP contribution < -0.4 is 15.4 Å². The van der Waals surface area contributed by atoms with Crippen molar-refractivity contribution in [3.8, 4) is 5.75 Å². The van der Waals surface area contributed by atoms with Crippen molar-refractivity contribution in [2.24, 2.45) is 0 Å². The lowest BCUT2D eigenvalue weighted by Crippen LogP contribution is -2.30. The van der Waals surface area contributed by atoms with Gasteiger partial charge in [0.05, 0.1) is 8.48 Å². The van der Waals surface area contributed by atoms with E-state index in [1.807, 2.05) is 42.5 Å². The Balaban J connectivity index is 1.39. The standard InChI is InChI=1S/C26H25IN2O2S/c1-3-18-7-10-21(11-8-18)28-26-29-25(30)24(32-26)15-19-9-12-23(22(27)14-19)31-16-20-6-4-5-17(2)13-20/h4-15,26,28H,3,16H2,1-2H3,(H,29,30)/b24-15-/t26-/m1/s1. The molecule has 1 fully saturated rings. The Morgan fingerprint density at radius 2 is 1.91 bits per heavy atom. The smallest absolute Gasteiger partial charge is 0.260 e. The highest BCUT2D eigenvalue weighted by molar-refractivity contribution is 14.1. The summed E-state index contributed by atoms with van der Waals surface area (Å²) in [6.45, 7) is 4.74. The fourth-order valence-corrected chi connectivity index (χ4v) is 5.07. The number of amides is 1. The van der Waals surface area contributed by atoms with Crippen molar-refractivity contribution >= 4 is 52.0 Å². The molecule has 1 atom stereocenters. The van der Waals surface area contributed by atoms with Gasteiger partial charge in [0.25, 0.3) is 5.91 Å². The number of hydrogen-bond acceptors (Lipinski definition) is 4. The second-order valence-corrected chi connectivity index (χ2v) is 9.95. The molecule has 1 saturated heterocycles. The van der Waals surface area contributed by atoms with Crippen molar-refractivity contribution in [2.45, 2.75) is 32.4 Å². The number of nitrogens with one attached hydrogen (secondary N) is 2. The third kappa shape index (κ3) is 5.86. The Morgan fingerprint density at radius 3 is 2.62 bits per heavy atom. The second-order valence-electron chi connectivity index (χ2n) is 7.64. The summed E-state index contributed by atoms with van der Waals surface area (Å²) < 4.78 is 7.01. The summed E-state index contributed by atoms with van der Waals surface area (Å²) in [6.07, 6.45) is 2.94. The Kier molecular flexibility index (Phi) is 7.42. The molecule has 1 aliphatic heterocycles. The van der Waals surface area contributed by atoms with Crippen molar-refractivity contribution < 1.29 is 9.53 Å². The molecule has 6 heteroatoms. The molecule has 2 N–H and O–H groups in total. The predicted octanol–water partition coefficient (Wildman–Crippen LogP) is 6.34. The minimum absolute atomic E-state index is 0.0625. The molecule has 0 radical (unpaired) electrons. The van der Waals surface area contributed by atoms with Crippen LogP contribution in [0.2, 0.25) is 0 Å². The van der Waals surface area contributed by atoms with E-state index in [0.29, 0.717) is 11.5 Å². The molecule has 1 amide bonds. The van der Waals surface area contributed by atoms with E-state index in [1.54, 1.807) is 0 Å². The maximum atomic E-state index is 12.5. The molecule has 0 unspecified atom stereocenters. The third-order valence-electron chi connectivity index (χ3n) is 5.12. The summed E-state index contributed by atoms with van der Waals surface area (Å²) in [6, 6.07) is 22.6. The van der Waals surface area contributed by atoms with Gasteiger partial charge in [-0.05, 0) is 83.0 Å². The van der Waals surface area contributed by atoms with Crippen molar-refractivity contribution in [2.75, 3.05) is 5.32 Å². The molecule has 4 rings (SSSR count). The van der Waals surface area contributed by atoms with E-state index in [-0.39, 0.29) is 11.4 Å². The zero-order chi connectivity index (χ0) is 22.5. The van der Waals surface area contributed by atoms with E-state index in [4.69, 9.17) is 4.74 Å². The number of hydrogen-bond donors (Lipinski definition) is 2. The Bertz CT molecular complexity index is 1140. The monoisotopic (exact) mass is 556 g/mol. The van der Waals surface area contributed by atoms with Gasteiger partial charge < -0.3 is 15.4 Å². The number of halogens is 1. The molecule has 3 aromatic rings. The minimum atomic E-state index is -0.183. The van der Waals surface area contributed by atoms with Crippen LogP contribution in [0.25, 0.3) is 6.08 Å². The molecule has 0 spiro atoms. The van der Waals surface area contributed by atoms with Gasteiger partial charge >= 0.3 is 0 Å². The van der Waals surface area contributed by atoms with Crippen LogP contribution in [0.3, 0.4) is 0 Å². The molecular formula is C26H25IN2O2S. The van der Waals surface area contributed by atoms with Crippen LogP contribution in [0.4, 0.5) is 5.69 Å². The Morgan fingerprint density at radius 1 is 1.09 bits per heavy atom. The van der Waals surface area contributed by atoms with Gasteiger partial charge in [-0.3, -0.25) is 4.79 Å². The molecule has 0 saturated carbocycles. The highest BCUT2D eigenvalue weighted by Gasteiger charge is 2.27. The summed E-state index contributed by atoms with van der Waals surface area (Å²) in [5.74, 6) is 0.778. The average Bonchev–Trinajstić information content (AvgIpc) is 3.12. The van der Waals surface area contributed by atoms with E-state index in [9.17, 15) is 4.79 Å². The van der Waals surface area contributed by atoms with Gasteiger partial charge in [-0.25, -0.2) is 0 Å². The number of carbonyl (C=O) groups excluding carboxylic acids is 1. The number of ether oxygens (including phenoxy) is 1. The number of rotatable bonds is 7. The van der Waals surface area contributed by atoms with E-state index < -0.39 is 0 Å². The fraction of sp³-hybridized carbons (Fsp3) is 0.192. The number of thioether (sulfide) groups is 1. The van der Waals surface area contributed by atoms with Crippen LogP contribution in [-0.4, -0.2) is 11.4 Å². The van der Waals surface area contributed by atoms with E-state index in [1.165, 1.54) is 22.9 Å². The number of carbonyl (C=O) groups is 1. The lowest BCUT2D eigenvalue weighted by Gasteiger charge is -2.12. The van der Waals surface area contributed by atoms with Crippen LogP contribution in [0.1, 0.15) is 29.2 Å². The third-order valence-corrected chi connectivity index (χ3v) is 6.99. The first kappa shape index (κ1) is 22.7. The average molecular weight is 556 g/mol. The molecule has 164 valence electrons. The van der Waals surface area contributed by atoms with Gasteiger partial charge in [0.15, 0.2) is 5.50 Å². The minimum Gasteiger partial charge on any atom is -0.488 e. The summed E-state index contributed by atoms with van der Waals surface area (Å²) >= 11 is 3.77. The van der Waals surface area contributed by atoms with Gasteiger partial charge in [-0.1, -0.05) is 66.7 Å². The molecule has 4 nitrogen and oxygen atoms in total.